The average molecular weight is 419 g/mol. The maximum atomic E-state index is 5.77. The van der Waals surface area contributed by atoms with Gasteiger partial charge in [0, 0.05) is 42.7 Å². The van der Waals surface area contributed by atoms with Crippen molar-refractivity contribution in [2.45, 2.75) is 12.8 Å². The number of nitrogens with zero attached hydrogens (tertiary/aromatic N) is 3. The third kappa shape index (κ3) is 24.2. The smallest absolute Gasteiger partial charge is 0.0554 e. The van der Waals surface area contributed by atoms with Crippen LogP contribution in [-0.2, 0) is 16.5 Å². The van der Waals surface area contributed by atoms with Crippen molar-refractivity contribution in [2.24, 2.45) is 0 Å². The van der Waals surface area contributed by atoms with Crippen molar-refractivity contribution in [3.8, 4) is 0 Å². The molecule has 1 rings (SSSR count). The Morgan fingerprint density at radius 3 is 1.54 bits per heavy atom. The molecule has 24 heavy (non-hydrogen) atoms. The van der Waals surface area contributed by atoms with Gasteiger partial charge in [0.2, 0.25) is 0 Å². The molecule has 0 saturated carbocycles. The summed E-state index contributed by atoms with van der Waals surface area (Å²) in [7, 11) is 6.69. The molecule has 0 unspecified atom stereocenters. The van der Waals surface area contributed by atoms with Crippen molar-refractivity contribution >= 4 is 34.8 Å². The van der Waals surface area contributed by atoms with Gasteiger partial charge < -0.3 is 20.0 Å². The van der Waals surface area contributed by atoms with Crippen LogP contribution in [0.2, 0.25) is 0 Å². The summed E-state index contributed by atoms with van der Waals surface area (Å²) in [6.07, 6.45) is 2.53. The van der Waals surface area contributed by atoms with Crippen molar-refractivity contribution in [1.82, 2.24) is 20.0 Å². The first-order valence-corrected chi connectivity index (χ1v) is 8.67. The zero-order chi connectivity index (χ0) is 17.9. The summed E-state index contributed by atoms with van der Waals surface area (Å²) in [5.74, 6) is 0. The van der Waals surface area contributed by atoms with Gasteiger partial charge in [-0.2, -0.15) is 0 Å². The fourth-order valence-electron chi connectivity index (χ4n) is 2.16. The first-order valence-electron chi connectivity index (χ1n) is 7.85. The molecule has 6 nitrogen and oxygen atoms in total. The van der Waals surface area contributed by atoms with E-state index in [4.69, 9.17) is 10.8 Å². The zero-order valence-electron chi connectivity index (χ0n) is 15.0. The molecule has 1 saturated heterocycles. The van der Waals surface area contributed by atoms with E-state index in [1.807, 2.05) is 0 Å². The molecule has 0 aromatic carbocycles. The maximum Gasteiger partial charge on any atom is 0.0554 e. The van der Waals surface area contributed by atoms with Crippen LogP contribution in [0.15, 0.2) is 0 Å². The van der Waals surface area contributed by atoms with E-state index in [0.717, 1.165) is 13.1 Å². The molecule has 144 valence electrons. The van der Waals surface area contributed by atoms with Crippen LogP contribution in [0.5, 0.6) is 0 Å². The second-order valence-corrected chi connectivity index (χ2v) is 5.98. The molecule has 0 bridgehead atoms. The molecule has 0 spiro atoms. The number of hydrogen-bond acceptors (Lipinski definition) is 8. The number of likely N-dealkylation sites (N-methyl/N-ethyl adjacent to an activating group) is 3. The molecule has 1 heterocycles. The molecule has 3 N–H and O–H groups in total. The zero-order valence-corrected chi connectivity index (χ0v) is 17.7. The minimum absolute atomic E-state index is 0. The van der Waals surface area contributed by atoms with Crippen molar-refractivity contribution in [3.63, 3.8) is 0 Å². The molecule has 9 heteroatoms. The molecule has 1 aliphatic rings. The average Bonchev–Trinajstić information content (AvgIpc) is 2.49. The Morgan fingerprint density at radius 1 is 0.708 bits per heavy atom. The second kappa shape index (κ2) is 22.9. The van der Waals surface area contributed by atoms with Crippen LogP contribution < -0.4 is 5.32 Å². The van der Waals surface area contributed by atoms with Crippen LogP contribution in [-0.4, -0.2) is 98.5 Å². The van der Waals surface area contributed by atoms with Crippen LogP contribution in [0.25, 0.3) is 0 Å². The van der Waals surface area contributed by atoms with E-state index in [-0.39, 0.29) is 16.5 Å². The fraction of sp³-hybridized carbons (Fsp3) is 0.867. The predicted molar refractivity (Wildman–Crippen MR) is 105 cm³/mol. The molecule has 1 fully saturated rings. The van der Waals surface area contributed by atoms with E-state index in [9.17, 15) is 0 Å². The minimum Gasteiger partial charge on any atom is -0.315 e. The van der Waals surface area contributed by atoms with Crippen LogP contribution in [0, 0.1) is 10.8 Å². The van der Waals surface area contributed by atoms with Crippen molar-refractivity contribution in [1.29, 1.82) is 10.8 Å². The van der Waals surface area contributed by atoms with Gasteiger partial charge in [-0.15, -0.1) is 0 Å². The van der Waals surface area contributed by atoms with Crippen LogP contribution in [0.3, 0.4) is 0 Å². The van der Waals surface area contributed by atoms with Gasteiger partial charge in [-0.3, -0.25) is 0 Å². The predicted octanol–water partition coefficient (Wildman–Crippen LogP) is 1.50. The maximum absolute atomic E-state index is 5.77. The first kappa shape index (κ1) is 28.7. The topological polar surface area (TPSA) is 69.5 Å². The monoisotopic (exact) mass is 418 g/mol. The van der Waals surface area contributed by atoms with Crippen LogP contribution in [0.4, 0.5) is 0 Å². The molecule has 0 radical (unpaired) electrons. The number of hydrogen-bond donors (Lipinski definition) is 3. The third-order valence-electron chi connectivity index (χ3n) is 3.51. The Morgan fingerprint density at radius 2 is 1.08 bits per heavy atom. The van der Waals surface area contributed by atoms with Gasteiger partial charge in [0.05, 0.1) is 10.3 Å². The Balaban J connectivity index is -0.000000550. The molecular weight excluding hydrogens is 387 g/mol. The molecule has 0 aromatic rings. The molecule has 0 aromatic heterocycles. The number of rotatable bonds is 0. The van der Waals surface area contributed by atoms with E-state index in [1.54, 1.807) is 10.3 Å². The minimum atomic E-state index is 0. The summed E-state index contributed by atoms with van der Waals surface area (Å²) >= 11 is 7.62. The van der Waals surface area contributed by atoms with Gasteiger partial charge >= 0.3 is 0 Å². The second-order valence-electron chi connectivity index (χ2n) is 5.57. The van der Waals surface area contributed by atoms with Crippen LogP contribution >= 0.6 is 24.4 Å². The largest absolute Gasteiger partial charge is 0.315 e. The molecule has 0 aliphatic carbocycles. The van der Waals surface area contributed by atoms with E-state index in [0.29, 0.717) is 0 Å². The Bertz CT molecular complexity index is 322. The molecule has 0 amide bonds. The summed E-state index contributed by atoms with van der Waals surface area (Å²) in [4.78, 5) is 7.32. The summed E-state index contributed by atoms with van der Waals surface area (Å²) in [6.45, 7) is 9.44. The summed E-state index contributed by atoms with van der Waals surface area (Å²) in [6, 6.07) is 0. The SMILES string of the molecule is CN1CCCN(C)CCN(C)CCCNCC1.N=C=S.N=C=S.[Ni]. The van der Waals surface area contributed by atoms with Gasteiger partial charge in [0.15, 0.2) is 0 Å². The Hall–Kier alpha value is -0.0665. The Kier molecular flexibility index (Phi) is 27.4. The summed E-state index contributed by atoms with van der Waals surface area (Å²) < 4.78 is 0. The van der Waals surface area contributed by atoms with Crippen molar-refractivity contribution in [2.75, 3.05) is 73.5 Å². The summed E-state index contributed by atoms with van der Waals surface area (Å²) in [5, 5.41) is 18.2. The quantitative estimate of drug-likeness (QED) is 0.314. The Labute approximate surface area is 168 Å². The first-order chi connectivity index (χ1) is 11.0. The molecular formula is C15H32N6NiS2. The van der Waals surface area contributed by atoms with E-state index in [2.05, 4.69) is 65.6 Å². The van der Waals surface area contributed by atoms with Gasteiger partial charge in [-0.05, 0) is 84.6 Å². The van der Waals surface area contributed by atoms with Gasteiger partial charge in [-0.25, -0.2) is 10.8 Å². The van der Waals surface area contributed by atoms with Crippen LogP contribution in [0.1, 0.15) is 12.8 Å². The number of nitrogens with one attached hydrogen (secondary N) is 3. The summed E-state index contributed by atoms with van der Waals surface area (Å²) in [5.41, 5.74) is 0. The molecule has 1 aliphatic heterocycles. The number of thiocarbonyl (C=S) groups is 2. The van der Waals surface area contributed by atoms with E-state index < -0.39 is 0 Å². The van der Waals surface area contributed by atoms with E-state index in [1.165, 1.54) is 52.1 Å². The fourth-order valence-corrected chi connectivity index (χ4v) is 2.16. The van der Waals surface area contributed by atoms with Crippen molar-refractivity contribution < 1.29 is 16.5 Å². The van der Waals surface area contributed by atoms with Gasteiger partial charge in [0.1, 0.15) is 0 Å². The van der Waals surface area contributed by atoms with Gasteiger partial charge in [-0.1, -0.05) is 0 Å². The standard InChI is InChI=1S/C13H30N4.2CHNS.Ni/c1-15-9-5-10-17(3)13-12-16(2)8-4-6-14-7-11-15;2*2-1-3;/h14H,4-13H2,1-3H3;2*2H;. The third-order valence-corrected chi connectivity index (χ3v) is 3.51. The molecule has 0 atom stereocenters. The van der Waals surface area contributed by atoms with Gasteiger partial charge in [0.25, 0.3) is 0 Å². The van der Waals surface area contributed by atoms with Crippen molar-refractivity contribution in [3.05, 3.63) is 0 Å². The van der Waals surface area contributed by atoms with E-state index >= 15 is 0 Å². The normalized spacial score (nSPS) is 18.8. The number of isothiocyanates is 2.